The van der Waals surface area contributed by atoms with Crippen LogP contribution in [0.2, 0.25) is 0 Å². The van der Waals surface area contributed by atoms with Gasteiger partial charge in [-0.05, 0) is 6.92 Å². The zero-order valence-corrected chi connectivity index (χ0v) is 7.80. The SMILES string of the molecule is COC1CC(O)C(C)(O)C(CO)O1. The average Bonchev–Trinajstić information content (AvgIpc) is 2.09. The third-order valence-electron chi connectivity index (χ3n) is 2.49. The molecule has 0 spiro atoms. The Hall–Kier alpha value is -0.200. The molecule has 3 N–H and O–H groups in total. The molecular formula is C8H16O5. The maximum atomic E-state index is 9.73. The second-order valence-electron chi connectivity index (χ2n) is 3.45. The van der Waals surface area contributed by atoms with Crippen molar-refractivity contribution in [1.82, 2.24) is 0 Å². The number of hydrogen-bond acceptors (Lipinski definition) is 5. The lowest BCUT2D eigenvalue weighted by atomic mass is 9.88. The van der Waals surface area contributed by atoms with Gasteiger partial charge in [-0.1, -0.05) is 0 Å². The fourth-order valence-corrected chi connectivity index (χ4v) is 1.39. The number of rotatable bonds is 2. The molecule has 5 nitrogen and oxygen atoms in total. The van der Waals surface area contributed by atoms with Crippen molar-refractivity contribution in [3.05, 3.63) is 0 Å². The van der Waals surface area contributed by atoms with Crippen LogP contribution >= 0.6 is 0 Å². The van der Waals surface area contributed by atoms with E-state index in [9.17, 15) is 10.2 Å². The predicted octanol–water partition coefficient (Wildman–Crippen LogP) is -1.15. The van der Waals surface area contributed by atoms with Gasteiger partial charge in [0.15, 0.2) is 6.29 Å². The van der Waals surface area contributed by atoms with Gasteiger partial charge in [-0.2, -0.15) is 0 Å². The largest absolute Gasteiger partial charge is 0.394 e. The molecule has 4 atom stereocenters. The minimum absolute atomic E-state index is 0.208. The van der Waals surface area contributed by atoms with E-state index in [4.69, 9.17) is 14.6 Å². The molecule has 0 amide bonds. The molecule has 0 radical (unpaired) electrons. The number of methoxy groups -OCH3 is 1. The summed E-state index contributed by atoms with van der Waals surface area (Å²) in [6.07, 6.45) is -2.10. The minimum Gasteiger partial charge on any atom is -0.394 e. The van der Waals surface area contributed by atoms with E-state index in [0.717, 1.165) is 0 Å². The summed E-state index contributed by atoms with van der Waals surface area (Å²) < 4.78 is 10.1. The van der Waals surface area contributed by atoms with Gasteiger partial charge in [0.05, 0.1) is 12.7 Å². The molecule has 78 valence electrons. The van der Waals surface area contributed by atoms with Gasteiger partial charge in [0.1, 0.15) is 11.7 Å². The van der Waals surface area contributed by atoms with Crippen molar-refractivity contribution >= 4 is 0 Å². The van der Waals surface area contributed by atoms with Crippen molar-refractivity contribution in [3.63, 3.8) is 0 Å². The Morgan fingerprint density at radius 2 is 2.23 bits per heavy atom. The lowest BCUT2D eigenvalue weighted by Gasteiger charge is -2.42. The third-order valence-corrected chi connectivity index (χ3v) is 2.49. The van der Waals surface area contributed by atoms with Crippen LogP contribution in [0.1, 0.15) is 13.3 Å². The first kappa shape index (κ1) is 10.9. The van der Waals surface area contributed by atoms with E-state index >= 15 is 0 Å². The lowest BCUT2D eigenvalue weighted by molar-refractivity contribution is -0.281. The van der Waals surface area contributed by atoms with Gasteiger partial charge in [-0.3, -0.25) is 0 Å². The molecule has 0 aromatic rings. The second-order valence-corrected chi connectivity index (χ2v) is 3.45. The van der Waals surface area contributed by atoms with Crippen LogP contribution in [0, 0.1) is 0 Å². The van der Waals surface area contributed by atoms with Crippen LogP contribution < -0.4 is 0 Å². The molecule has 1 saturated heterocycles. The zero-order valence-electron chi connectivity index (χ0n) is 7.80. The molecule has 0 aliphatic carbocycles. The van der Waals surface area contributed by atoms with E-state index in [-0.39, 0.29) is 13.0 Å². The van der Waals surface area contributed by atoms with E-state index in [1.165, 1.54) is 14.0 Å². The van der Waals surface area contributed by atoms with Crippen molar-refractivity contribution in [2.75, 3.05) is 13.7 Å². The number of hydrogen-bond donors (Lipinski definition) is 3. The molecule has 1 rings (SSSR count). The highest BCUT2D eigenvalue weighted by Crippen LogP contribution is 2.29. The van der Waals surface area contributed by atoms with E-state index in [2.05, 4.69) is 0 Å². The van der Waals surface area contributed by atoms with Gasteiger partial charge in [-0.15, -0.1) is 0 Å². The molecule has 1 fully saturated rings. The van der Waals surface area contributed by atoms with Crippen molar-refractivity contribution < 1.29 is 24.8 Å². The Morgan fingerprint density at radius 3 is 2.69 bits per heavy atom. The zero-order chi connectivity index (χ0) is 10.1. The maximum Gasteiger partial charge on any atom is 0.160 e. The smallest absolute Gasteiger partial charge is 0.160 e. The van der Waals surface area contributed by atoms with Crippen LogP contribution in [0.4, 0.5) is 0 Å². The van der Waals surface area contributed by atoms with Crippen LogP contribution in [-0.2, 0) is 9.47 Å². The molecule has 0 aromatic heterocycles. The summed E-state index contributed by atoms with van der Waals surface area (Å²) in [5, 5.41) is 28.2. The Labute approximate surface area is 76.9 Å². The number of aliphatic hydroxyl groups excluding tert-OH is 2. The summed E-state index contributed by atoms with van der Waals surface area (Å²) in [5.74, 6) is 0. The Morgan fingerprint density at radius 1 is 1.62 bits per heavy atom. The predicted molar refractivity (Wildman–Crippen MR) is 44.0 cm³/mol. The van der Waals surface area contributed by atoms with Gasteiger partial charge < -0.3 is 24.8 Å². The highest BCUT2D eigenvalue weighted by molar-refractivity contribution is 4.93. The van der Waals surface area contributed by atoms with Crippen LogP contribution in [0.25, 0.3) is 0 Å². The van der Waals surface area contributed by atoms with Crippen molar-refractivity contribution in [2.45, 2.75) is 37.4 Å². The molecule has 0 saturated carbocycles. The van der Waals surface area contributed by atoms with Crippen LogP contribution in [0.3, 0.4) is 0 Å². The van der Waals surface area contributed by atoms with Crippen molar-refractivity contribution in [1.29, 1.82) is 0 Å². The van der Waals surface area contributed by atoms with E-state index in [1.807, 2.05) is 0 Å². The van der Waals surface area contributed by atoms with Crippen LogP contribution in [0.5, 0.6) is 0 Å². The van der Waals surface area contributed by atoms with E-state index in [1.54, 1.807) is 0 Å². The second kappa shape index (κ2) is 3.89. The lowest BCUT2D eigenvalue weighted by Crippen LogP contribution is -2.58. The van der Waals surface area contributed by atoms with Gasteiger partial charge in [0, 0.05) is 13.5 Å². The standard InChI is InChI=1S/C8H16O5/c1-8(11)5(10)3-7(12-2)13-6(8)4-9/h5-7,9-11H,3-4H2,1-2H3. The topological polar surface area (TPSA) is 79.2 Å². The highest BCUT2D eigenvalue weighted by atomic mass is 16.7. The van der Waals surface area contributed by atoms with Crippen LogP contribution in [0.15, 0.2) is 0 Å². The number of aliphatic hydroxyl groups is 3. The molecule has 0 bridgehead atoms. The monoisotopic (exact) mass is 192 g/mol. The van der Waals surface area contributed by atoms with Crippen LogP contribution in [-0.4, -0.2) is 53.1 Å². The molecule has 4 unspecified atom stereocenters. The van der Waals surface area contributed by atoms with E-state index < -0.39 is 24.1 Å². The molecule has 13 heavy (non-hydrogen) atoms. The maximum absolute atomic E-state index is 9.73. The molecular weight excluding hydrogens is 176 g/mol. The van der Waals surface area contributed by atoms with Gasteiger partial charge in [0.2, 0.25) is 0 Å². The molecule has 1 aliphatic heterocycles. The Balaban J connectivity index is 2.69. The molecule has 0 aromatic carbocycles. The average molecular weight is 192 g/mol. The summed E-state index contributed by atoms with van der Waals surface area (Å²) in [5.41, 5.74) is -1.41. The summed E-state index contributed by atoms with van der Waals surface area (Å²) in [7, 11) is 1.45. The summed E-state index contributed by atoms with van der Waals surface area (Å²) >= 11 is 0. The van der Waals surface area contributed by atoms with Gasteiger partial charge in [-0.25, -0.2) is 0 Å². The normalized spacial score (nSPS) is 46.4. The third kappa shape index (κ3) is 2.00. The molecule has 5 heteroatoms. The quantitative estimate of drug-likeness (QED) is 0.515. The molecule has 1 heterocycles. The highest BCUT2D eigenvalue weighted by Gasteiger charge is 2.46. The van der Waals surface area contributed by atoms with Gasteiger partial charge in [0.25, 0.3) is 0 Å². The first-order valence-electron chi connectivity index (χ1n) is 4.22. The summed E-state index contributed by atoms with van der Waals surface area (Å²) in [4.78, 5) is 0. The fraction of sp³-hybridized carbons (Fsp3) is 1.00. The number of ether oxygens (including phenoxy) is 2. The summed E-state index contributed by atoms with van der Waals surface area (Å²) in [6, 6.07) is 0. The Bertz CT molecular complexity index is 170. The first-order chi connectivity index (χ1) is 6.02. The van der Waals surface area contributed by atoms with E-state index in [0.29, 0.717) is 0 Å². The van der Waals surface area contributed by atoms with Crippen molar-refractivity contribution in [2.24, 2.45) is 0 Å². The van der Waals surface area contributed by atoms with Gasteiger partial charge >= 0.3 is 0 Å². The summed E-state index contributed by atoms with van der Waals surface area (Å²) in [6.45, 7) is 1.09. The fourth-order valence-electron chi connectivity index (χ4n) is 1.39. The Kier molecular flexibility index (Phi) is 3.26. The van der Waals surface area contributed by atoms with Crippen molar-refractivity contribution in [3.8, 4) is 0 Å². The molecule has 1 aliphatic rings. The minimum atomic E-state index is -1.41. The first-order valence-corrected chi connectivity index (χ1v) is 4.22.